The molecule has 1 heterocycles. The van der Waals surface area contributed by atoms with Crippen molar-refractivity contribution in [3.8, 4) is 11.3 Å². The number of aliphatic carboxylic acids is 1. The highest BCUT2D eigenvalue weighted by molar-refractivity contribution is 5.95. The van der Waals surface area contributed by atoms with Gasteiger partial charge in [-0.1, -0.05) is 36.4 Å². The number of nitrogens with zero attached hydrogens (tertiary/aromatic N) is 1. The minimum Gasteiger partial charge on any atom is -0.480 e. The van der Waals surface area contributed by atoms with Gasteiger partial charge < -0.3 is 15.2 Å². The Labute approximate surface area is 163 Å². The third kappa shape index (κ3) is 6.50. The first kappa shape index (κ1) is 21.1. The normalized spacial score (nSPS) is 12.1. The molecule has 0 spiro atoms. The Kier molecular flexibility index (Phi) is 6.87. The van der Waals surface area contributed by atoms with Gasteiger partial charge in [0.05, 0.1) is 5.69 Å². The van der Waals surface area contributed by atoms with Gasteiger partial charge in [-0.15, -0.1) is 0 Å². The van der Waals surface area contributed by atoms with Crippen LogP contribution in [-0.2, 0) is 14.3 Å². The molecule has 0 saturated carbocycles. The summed E-state index contributed by atoms with van der Waals surface area (Å²) >= 11 is 0. The number of benzene rings is 1. The second-order valence-corrected chi connectivity index (χ2v) is 7.26. The molecule has 148 valence electrons. The summed E-state index contributed by atoms with van der Waals surface area (Å²) in [4.78, 5) is 40.0. The van der Waals surface area contributed by atoms with E-state index in [0.29, 0.717) is 5.69 Å². The smallest absolute Gasteiger partial charge is 0.326 e. The lowest BCUT2D eigenvalue weighted by Crippen LogP contribution is -2.41. The zero-order chi connectivity index (χ0) is 20.7. The number of pyridine rings is 1. The fourth-order valence-corrected chi connectivity index (χ4v) is 2.48. The Morgan fingerprint density at radius 1 is 1.07 bits per heavy atom. The number of rotatable bonds is 7. The number of carbonyl (C=O) groups excluding carboxylic acids is 2. The molecule has 0 aliphatic carbocycles. The SMILES string of the molecule is CC(C)(C)OC(=O)CC[C@H](NC(=O)c1cccc(-c2ccccc2)n1)C(=O)O. The molecule has 1 aromatic carbocycles. The first-order valence-corrected chi connectivity index (χ1v) is 8.94. The monoisotopic (exact) mass is 384 g/mol. The van der Waals surface area contributed by atoms with E-state index in [4.69, 9.17) is 4.74 Å². The highest BCUT2D eigenvalue weighted by atomic mass is 16.6. The molecule has 28 heavy (non-hydrogen) atoms. The average Bonchev–Trinajstić information content (AvgIpc) is 2.64. The number of carboxylic acid groups (broad SMARTS) is 1. The van der Waals surface area contributed by atoms with E-state index in [9.17, 15) is 19.5 Å². The van der Waals surface area contributed by atoms with Gasteiger partial charge in [-0.3, -0.25) is 9.59 Å². The summed E-state index contributed by atoms with van der Waals surface area (Å²) in [5.74, 6) is -2.36. The molecule has 7 heteroatoms. The van der Waals surface area contributed by atoms with Crippen molar-refractivity contribution in [2.75, 3.05) is 0 Å². The third-order valence-corrected chi connectivity index (χ3v) is 3.71. The molecule has 1 aromatic heterocycles. The van der Waals surface area contributed by atoms with Gasteiger partial charge in [0.2, 0.25) is 0 Å². The Bertz CT molecular complexity index is 843. The van der Waals surface area contributed by atoms with Crippen LogP contribution in [0, 0.1) is 0 Å². The van der Waals surface area contributed by atoms with E-state index in [1.807, 2.05) is 30.3 Å². The number of hydrogen-bond donors (Lipinski definition) is 2. The number of carbonyl (C=O) groups is 3. The molecule has 1 amide bonds. The third-order valence-electron chi connectivity index (χ3n) is 3.71. The van der Waals surface area contributed by atoms with Crippen LogP contribution < -0.4 is 5.32 Å². The lowest BCUT2D eigenvalue weighted by atomic mass is 10.1. The van der Waals surface area contributed by atoms with Crippen molar-refractivity contribution in [2.24, 2.45) is 0 Å². The summed E-state index contributed by atoms with van der Waals surface area (Å²) in [7, 11) is 0. The summed E-state index contributed by atoms with van der Waals surface area (Å²) in [6.07, 6.45) is -0.194. The predicted molar refractivity (Wildman–Crippen MR) is 104 cm³/mol. The number of esters is 1. The zero-order valence-electron chi connectivity index (χ0n) is 16.1. The molecule has 0 radical (unpaired) electrons. The molecule has 0 aliphatic rings. The number of hydrogen-bond acceptors (Lipinski definition) is 5. The zero-order valence-corrected chi connectivity index (χ0v) is 16.1. The van der Waals surface area contributed by atoms with Crippen molar-refractivity contribution in [1.82, 2.24) is 10.3 Å². The molecule has 0 unspecified atom stereocenters. The first-order valence-electron chi connectivity index (χ1n) is 8.94. The van der Waals surface area contributed by atoms with Crippen molar-refractivity contribution in [3.63, 3.8) is 0 Å². The number of aromatic nitrogens is 1. The van der Waals surface area contributed by atoms with E-state index in [-0.39, 0.29) is 18.5 Å². The van der Waals surface area contributed by atoms with Crippen LogP contribution >= 0.6 is 0 Å². The van der Waals surface area contributed by atoms with Crippen LogP contribution in [0.4, 0.5) is 0 Å². The van der Waals surface area contributed by atoms with Crippen LogP contribution in [-0.4, -0.2) is 39.6 Å². The lowest BCUT2D eigenvalue weighted by Gasteiger charge is -2.20. The van der Waals surface area contributed by atoms with Gasteiger partial charge in [0, 0.05) is 12.0 Å². The van der Waals surface area contributed by atoms with Gasteiger partial charge in [-0.25, -0.2) is 9.78 Å². The molecule has 2 N–H and O–H groups in total. The largest absolute Gasteiger partial charge is 0.480 e. The van der Waals surface area contributed by atoms with Gasteiger partial charge >= 0.3 is 11.9 Å². The Balaban J connectivity index is 2.04. The van der Waals surface area contributed by atoms with Crippen molar-refractivity contribution in [3.05, 3.63) is 54.2 Å². The average molecular weight is 384 g/mol. The predicted octanol–water partition coefficient (Wildman–Crippen LogP) is 3.05. The number of carboxylic acids is 1. The van der Waals surface area contributed by atoms with Gasteiger partial charge in [-0.2, -0.15) is 0 Å². The van der Waals surface area contributed by atoms with E-state index >= 15 is 0 Å². The standard InChI is InChI=1S/C21H24N2O5/c1-21(2,3)28-18(24)13-12-17(20(26)27)23-19(25)16-11-7-10-15(22-16)14-8-5-4-6-9-14/h4-11,17H,12-13H2,1-3H3,(H,23,25)(H,26,27)/t17-/m0/s1. The molecule has 0 saturated heterocycles. The fourth-order valence-electron chi connectivity index (χ4n) is 2.48. The molecule has 1 atom stereocenters. The summed E-state index contributed by atoms with van der Waals surface area (Å²) < 4.78 is 5.17. The summed E-state index contributed by atoms with van der Waals surface area (Å²) in [6.45, 7) is 5.19. The topological polar surface area (TPSA) is 106 Å². The Morgan fingerprint density at radius 2 is 1.75 bits per heavy atom. The van der Waals surface area contributed by atoms with E-state index in [1.54, 1.807) is 32.9 Å². The molecule has 0 bridgehead atoms. The minimum atomic E-state index is -1.23. The maximum atomic E-state index is 12.5. The minimum absolute atomic E-state index is 0.0750. The molecule has 0 aliphatic heterocycles. The maximum absolute atomic E-state index is 12.5. The van der Waals surface area contributed by atoms with E-state index in [2.05, 4.69) is 10.3 Å². The number of amides is 1. The van der Waals surface area contributed by atoms with Gasteiger partial charge in [-0.05, 0) is 39.3 Å². The Hall–Kier alpha value is -3.22. The van der Waals surface area contributed by atoms with Crippen LogP contribution in [0.15, 0.2) is 48.5 Å². The lowest BCUT2D eigenvalue weighted by molar-refractivity contribution is -0.155. The summed E-state index contributed by atoms with van der Waals surface area (Å²) in [5, 5.41) is 11.8. The van der Waals surface area contributed by atoms with E-state index < -0.39 is 29.5 Å². The van der Waals surface area contributed by atoms with Crippen molar-refractivity contribution in [1.29, 1.82) is 0 Å². The van der Waals surface area contributed by atoms with Crippen molar-refractivity contribution < 1.29 is 24.2 Å². The highest BCUT2D eigenvalue weighted by Gasteiger charge is 2.24. The summed E-state index contributed by atoms with van der Waals surface area (Å²) in [5.41, 5.74) is 0.900. The molecule has 2 aromatic rings. The number of nitrogens with one attached hydrogen (secondary N) is 1. The quantitative estimate of drug-likeness (QED) is 0.711. The summed E-state index contributed by atoms with van der Waals surface area (Å²) in [6, 6.07) is 13.1. The van der Waals surface area contributed by atoms with Crippen LogP contribution in [0.5, 0.6) is 0 Å². The van der Waals surface area contributed by atoms with Crippen LogP contribution in [0.3, 0.4) is 0 Å². The van der Waals surface area contributed by atoms with E-state index in [1.165, 1.54) is 6.07 Å². The molecule has 0 fully saturated rings. The molecule has 2 rings (SSSR count). The van der Waals surface area contributed by atoms with Gasteiger partial charge in [0.1, 0.15) is 17.3 Å². The molecule has 7 nitrogen and oxygen atoms in total. The second kappa shape index (κ2) is 9.12. The van der Waals surface area contributed by atoms with Crippen LogP contribution in [0.1, 0.15) is 44.1 Å². The number of ether oxygens (including phenoxy) is 1. The van der Waals surface area contributed by atoms with Crippen molar-refractivity contribution in [2.45, 2.75) is 45.3 Å². The van der Waals surface area contributed by atoms with Gasteiger partial charge in [0.15, 0.2) is 0 Å². The van der Waals surface area contributed by atoms with Crippen LogP contribution in [0.25, 0.3) is 11.3 Å². The molecular weight excluding hydrogens is 360 g/mol. The molecular formula is C21H24N2O5. The van der Waals surface area contributed by atoms with Gasteiger partial charge in [0.25, 0.3) is 5.91 Å². The Morgan fingerprint density at radius 3 is 2.36 bits per heavy atom. The fraction of sp³-hybridized carbons (Fsp3) is 0.333. The highest BCUT2D eigenvalue weighted by Crippen LogP contribution is 2.16. The second-order valence-electron chi connectivity index (χ2n) is 7.26. The van der Waals surface area contributed by atoms with E-state index in [0.717, 1.165) is 5.56 Å². The van der Waals surface area contributed by atoms with Crippen LogP contribution in [0.2, 0.25) is 0 Å². The maximum Gasteiger partial charge on any atom is 0.326 e. The first-order chi connectivity index (χ1) is 13.2. The van der Waals surface area contributed by atoms with Crippen molar-refractivity contribution >= 4 is 17.8 Å².